The van der Waals surface area contributed by atoms with Gasteiger partial charge >= 0.3 is 0 Å². The molecule has 3 aromatic heterocycles. The number of nitrogens with one attached hydrogen (secondary N) is 1. The average molecular weight is 469 g/mol. The van der Waals surface area contributed by atoms with Crippen molar-refractivity contribution in [3.05, 3.63) is 32.5 Å². The minimum atomic E-state index is -3.33. The van der Waals surface area contributed by atoms with Crippen LogP contribution in [0.2, 0.25) is 5.28 Å². The number of sulfone groups is 1. The molecule has 0 spiro atoms. The summed E-state index contributed by atoms with van der Waals surface area (Å²) in [5.74, 6) is 0.577. The van der Waals surface area contributed by atoms with Gasteiger partial charge in [-0.1, -0.05) is 6.92 Å². The highest BCUT2D eigenvalue weighted by atomic mass is 35.5. The number of aryl methyl sites for hydroxylation is 1. The average Bonchev–Trinajstić information content (AvgIpc) is 3.48. The Kier molecular flexibility index (Phi) is 5.54. The van der Waals surface area contributed by atoms with E-state index in [1.807, 2.05) is 6.92 Å². The van der Waals surface area contributed by atoms with Crippen LogP contribution < -0.4 is 10.9 Å². The lowest BCUT2D eigenvalue weighted by molar-refractivity contribution is 0.482. The van der Waals surface area contributed by atoms with Crippen molar-refractivity contribution < 1.29 is 8.42 Å². The monoisotopic (exact) mass is 468 g/mol. The van der Waals surface area contributed by atoms with Gasteiger partial charge in [-0.05, 0) is 44.2 Å². The predicted molar refractivity (Wildman–Crippen MR) is 116 cm³/mol. The molecular weight excluding hydrogens is 448 g/mol. The van der Waals surface area contributed by atoms with Gasteiger partial charge < -0.3 is 5.32 Å². The van der Waals surface area contributed by atoms with Crippen LogP contribution in [0.4, 0.5) is 5.82 Å². The van der Waals surface area contributed by atoms with Crippen LogP contribution in [0.1, 0.15) is 43.4 Å². The predicted octanol–water partition coefficient (Wildman–Crippen LogP) is 2.98. The van der Waals surface area contributed by atoms with Crippen molar-refractivity contribution in [2.45, 2.75) is 50.4 Å². The first-order valence-electron chi connectivity index (χ1n) is 9.59. The van der Waals surface area contributed by atoms with Gasteiger partial charge in [0.1, 0.15) is 14.7 Å². The van der Waals surface area contributed by atoms with Crippen molar-refractivity contribution in [1.82, 2.24) is 24.5 Å². The highest BCUT2D eigenvalue weighted by molar-refractivity contribution is 7.93. The standard InChI is InChI=1S/C18H21ClN6O3S2/c1-4-30(27,28)17-9(2)22-13(29-17)8-20-14-16(26)25(10(3)11-5-6-11)15-12(23-14)7-21-18(19)24-15/h7,10-11H,4-6,8H2,1-3H3,(H,20,23)/t10-/m0/s1. The molecule has 0 bridgehead atoms. The molecule has 0 unspecified atom stereocenters. The van der Waals surface area contributed by atoms with E-state index in [0.29, 0.717) is 27.8 Å². The van der Waals surface area contributed by atoms with Crippen LogP contribution in [-0.4, -0.2) is 38.7 Å². The fourth-order valence-corrected chi connectivity index (χ4v) is 6.12. The van der Waals surface area contributed by atoms with E-state index in [4.69, 9.17) is 11.6 Å². The third-order valence-corrected chi connectivity index (χ3v) is 8.95. The highest BCUT2D eigenvalue weighted by Gasteiger charge is 2.32. The summed E-state index contributed by atoms with van der Waals surface area (Å²) in [5, 5.41) is 3.64. The van der Waals surface area contributed by atoms with Crippen molar-refractivity contribution in [2.24, 2.45) is 5.92 Å². The van der Waals surface area contributed by atoms with Gasteiger partial charge in [0.2, 0.25) is 5.28 Å². The maximum atomic E-state index is 13.2. The number of hydrogen-bond donors (Lipinski definition) is 1. The van der Waals surface area contributed by atoms with Gasteiger partial charge in [0.15, 0.2) is 21.3 Å². The lowest BCUT2D eigenvalue weighted by atomic mass is 10.2. The number of aromatic nitrogens is 5. The maximum absolute atomic E-state index is 13.2. The number of nitrogens with zero attached hydrogens (tertiary/aromatic N) is 5. The first-order valence-corrected chi connectivity index (χ1v) is 12.4. The van der Waals surface area contributed by atoms with Crippen LogP contribution in [0, 0.1) is 12.8 Å². The van der Waals surface area contributed by atoms with Crippen LogP contribution in [-0.2, 0) is 16.4 Å². The summed E-state index contributed by atoms with van der Waals surface area (Å²) in [6.45, 7) is 5.44. The summed E-state index contributed by atoms with van der Waals surface area (Å²) in [5.41, 5.74) is 1.03. The van der Waals surface area contributed by atoms with Gasteiger partial charge in [-0.15, -0.1) is 11.3 Å². The van der Waals surface area contributed by atoms with Crippen molar-refractivity contribution in [3.8, 4) is 0 Å². The summed E-state index contributed by atoms with van der Waals surface area (Å²) in [4.78, 5) is 30.1. The molecule has 0 amide bonds. The first kappa shape index (κ1) is 21.1. The molecule has 1 saturated carbocycles. The van der Waals surface area contributed by atoms with Gasteiger partial charge in [-0.3, -0.25) is 9.36 Å². The Labute approximate surface area is 182 Å². The Morgan fingerprint density at radius 2 is 2.07 bits per heavy atom. The molecule has 3 heterocycles. The number of rotatable bonds is 7. The largest absolute Gasteiger partial charge is 0.359 e. The lowest BCUT2D eigenvalue weighted by Gasteiger charge is -2.17. The Balaban J connectivity index is 1.70. The molecule has 0 aliphatic heterocycles. The molecule has 0 aromatic carbocycles. The van der Waals surface area contributed by atoms with E-state index in [0.717, 1.165) is 24.2 Å². The zero-order chi connectivity index (χ0) is 21.6. The smallest absolute Gasteiger partial charge is 0.295 e. The van der Waals surface area contributed by atoms with Crippen molar-refractivity contribution in [3.63, 3.8) is 0 Å². The van der Waals surface area contributed by atoms with Gasteiger partial charge in [-0.2, -0.15) is 4.98 Å². The van der Waals surface area contributed by atoms with E-state index in [9.17, 15) is 13.2 Å². The van der Waals surface area contributed by atoms with Crippen LogP contribution >= 0.6 is 22.9 Å². The fraction of sp³-hybridized carbons (Fsp3) is 0.500. The summed E-state index contributed by atoms with van der Waals surface area (Å²) < 4.78 is 26.3. The molecule has 1 fully saturated rings. The molecule has 3 aromatic rings. The molecule has 1 aliphatic carbocycles. The van der Waals surface area contributed by atoms with Crippen LogP contribution in [0.5, 0.6) is 0 Å². The van der Waals surface area contributed by atoms with E-state index < -0.39 is 9.84 Å². The van der Waals surface area contributed by atoms with E-state index in [1.165, 1.54) is 6.20 Å². The summed E-state index contributed by atoms with van der Waals surface area (Å²) >= 11 is 7.06. The highest BCUT2D eigenvalue weighted by Crippen LogP contribution is 2.39. The third kappa shape index (κ3) is 3.93. The topological polar surface area (TPSA) is 120 Å². The Bertz CT molecular complexity index is 1280. The van der Waals surface area contributed by atoms with Gasteiger partial charge in [0, 0.05) is 6.04 Å². The second-order valence-corrected chi connectivity index (χ2v) is 11.2. The Hall–Kier alpha value is -2.11. The molecule has 1 atom stereocenters. The van der Waals surface area contributed by atoms with Crippen LogP contribution in [0.3, 0.4) is 0 Å². The first-order chi connectivity index (χ1) is 14.2. The van der Waals surface area contributed by atoms with Crippen LogP contribution in [0.25, 0.3) is 11.2 Å². The SMILES string of the molecule is CCS(=O)(=O)c1sc(CNc2nc3cnc(Cl)nc3n([C@@H](C)C3CC3)c2=O)nc1C. The van der Waals surface area contributed by atoms with Crippen molar-refractivity contribution in [2.75, 3.05) is 11.1 Å². The summed E-state index contributed by atoms with van der Waals surface area (Å²) in [7, 11) is -3.33. The minimum absolute atomic E-state index is 0.0153. The normalized spacial score (nSPS) is 15.5. The summed E-state index contributed by atoms with van der Waals surface area (Å²) in [6, 6.07) is -0.0436. The number of anilines is 1. The maximum Gasteiger partial charge on any atom is 0.295 e. The van der Waals surface area contributed by atoms with Gasteiger partial charge in [-0.25, -0.2) is 23.4 Å². The van der Waals surface area contributed by atoms with Crippen molar-refractivity contribution >= 4 is 49.8 Å². The second-order valence-electron chi connectivity index (χ2n) is 7.30. The fourth-order valence-electron chi connectivity index (χ4n) is 3.35. The molecule has 12 heteroatoms. The molecular formula is C18H21ClN6O3S2. The second kappa shape index (κ2) is 7.86. The van der Waals surface area contributed by atoms with E-state index in [-0.39, 0.29) is 39.2 Å². The zero-order valence-electron chi connectivity index (χ0n) is 16.7. The lowest BCUT2D eigenvalue weighted by Crippen LogP contribution is -2.29. The number of thiazole rings is 1. The molecule has 9 nitrogen and oxygen atoms in total. The molecule has 1 aliphatic rings. The van der Waals surface area contributed by atoms with E-state index in [2.05, 4.69) is 25.3 Å². The molecule has 0 saturated heterocycles. The quantitative estimate of drug-likeness (QED) is 0.525. The van der Waals surface area contributed by atoms with Crippen LogP contribution in [0.15, 0.2) is 15.2 Å². The third-order valence-electron chi connectivity index (χ3n) is 5.18. The van der Waals surface area contributed by atoms with Gasteiger partial charge in [0.05, 0.1) is 24.2 Å². The molecule has 0 radical (unpaired) electrons. The molecule has 4 rings (SSSR count). The summed E-state index contributed by atoms with van der Waals surface area (Å²) in [6.07, 6.45) is 3.61. The van der Waals surface area contributed by atoms with Crippen molar-refractivity contribution in [1.29, 1.82) is 0 Å². The minimum Gasteiger partial charge on any atom is -0.359 e. The van der Waals surface area contributed by atoms with E-state index >= 15 is 0 Å². The Morgan fingerprint density at radius 3 is 2.73 bits per heavy atom. The zero-order valence-corrected chi connectivity index (χ0v) is 19.1. The van der Waals surface area contributed by atoms with Gasteiger partial charge in [0.25, 0.3) is 5.56 Å². The molecule has 30 heavy (non-hydrogen) atoms. The number of hydrogen-bond acceptors (Lipinski definition) is 9. The number of halogens is 1. The van der Waals surface area contributed by atoms with E-state index in [1.54, 1.807) is 18.4 Å². The molecule has 160 valence electrons. The molecule has 1 N–H and O–H groups in total. The number of fused-ring (bicyclic) bond motifs is 1. The Morgan fingerprint density at radius 1 is 1.33 bits per heavy atom.